The van der Waals surface area contributed by atoms with Crippen LogP contribution in [-0.4, -0.2) is 65.2 Å². The summed E-state index contributed by atoms with van der Waals surface area (Å²) in [6.07, 6.45) is 2.78. The fourth-order valence-electron chi connectivity index (χ4n) is 3.85. The van der Waals surface area contributed by atoms with Crippen LogP contribution in [0.1, 0.15) is 0 Å². The van der Waals surface area contributed by atoms with Gasteiger partial charge < -0.3 is 20.6 Å². The molecule has 1 fully saturated rings. The summed E-state index contributed by atoms with van der Waals surface area (Å²) in [5.41, 5.74) is 3.93. The standard InChI is InChI=1S/C25H27ClN6O2/c1-2-23(34)28-19-6-3-5-18(15-19)24-22(26)17-27-25(30-24)29-20-7-4-8-21(16-20)32-11-9-31(10-12-32)13-14-33/h2-8,15-17,33H,1,9-14H2,(H,28,34)(H,27,29,30). The number of β-amino-alcohol motifs (C(OH)–C–C–N with tert-alkyl or cyclic N) is 1. The molecule has 1 aliphatic rings. The van der Waals surface area contributed by atoms with Gasteiger partial charge in [-0.05, 0) is 36.4 Å². The molecule has 176 valence electrons. The first-order valence-electron chi connectivity index (χ1n) is 11.1. The SMILES string of the molecule is C=CC(=O)Nc1cccc(-c2nc(Nc3cccc(N4CCN(CCO)CC4)c3)ncc2Cl)c1. The van der Waals surface area contributed by atoms with E-state index in [0.29, 0.717) is 22.4 Å². The molecule has 0 aliphatic carbocycles. The molecule has 1 saturated heterocycles. The van der Waals surface area contributed by atoms with Gasteiger partial charge in [-0.3, -0.25) is 9.69 Å². The highest BCUT2D eigenvalue weighted by Crippen LogP contribution is 2.29. The van der Waals surface area contributed by atoms with E-state index in [0.717, 1.165) is 49.7 Å². The van der Waals surface area contributed by atoms with E-state index in [9.17, 15) is 4.79 Å². The molecule has 0 saturated carbocycles. The fourth-order valence-corrected chi connectivity index (χ4v) is 4.05. The van der Waals surface area contributed by atoms with Gasteiger partial charge >= 0.3 is 0 Å². The van der Waals surface area contributed by atoms with Crippen molar-refractivity contribution in [1.82, 2.24) is 14.9 Å². The number of halogens is 1. The van der Waals surface area contributed by atoms with Crippen LogP contribution in [0, 0.1) is 0 Å². The Morgan fingerprint density at radius 3 is 2.65 bits per heavy atom. The number of amides is 1. The molecule has 9 heteroatoms. The third-order valence-electron chi connectivity index (χ3n) is 5.59. The van der Waals surface area contributed by atoms with Gasteiger partial charge in [0.25, 0.3) is 0 Å². The molecule has 1 aliphatic heterocycles. The molecule has 2 aromatic carbocycles. The van der Waals surface area contributed by atoms with Crippen molar-refractivity contribution >= 4 is 40.5 Å². The average Bonchev–Trinajstić information content (AvgIpc) is 2.86. The second-order valence-corrected chi connectivity index (χ2v) is 8.30. The molecule has 8 nitrogen and oxygen atoms in total. The lowest BCUT2D eigenvalue weighted by Crippen LogP contribution is -2.47. The molecule has 3 aromatic rings. The Bertz CT molecular complexity index is 1160. The lowest BCUT2D eigenvalue weighted by atomic mass is 10.1. The van der Waals surface area contributed by atoms with Gasteiger partial charge in [-0.25, -0.2) is 9.97 Å². The van der Waals surface area contributed by atoms with Crippen LogP contribution in [0.3, 0.4) is 0 Å². The Balaban J connectivity index is 1.50. The van der Waals surface area contributed by atoms with E-state index >= 15 is 0 Å². The van der Waals surface area contributed by atoms with Crippen LogP contribution in [0.2, 0.25) is 5.02 Å². The molecule has 3 N–H and O–H groups in total. The minimum absolute atomic E-state index is 0.191. The normalized spacial score (nSPS) is 14.0. The highest BCUT2D eigenvalue weighted by Gasteiger charge is 2.17. The molecular formula is C25H27ClN6O2. The Hall–Kier alpha value is -3.46. The molecule has 0 atom stereocenters. The number of aromatic nitrogens is 2. The second kappa shape index (κ2) is 11.1. The zero-order chi connectivity index (χ0) is 23.9. The lowest BCUT2D eigenvalue weighted by molar-refractivity contribution is -0.111. The van der Waals surface area contributed by atoms with Crippen LogP contribution in [0.4, 0.5) is 23.0 Å². The van der Waals surface area contributed by atoms with E-state index in [-0.39, 0.29) is 12.5 Å². The number of rotatable bonds is 8. The van der Waals surface area contributed by atoms with Crippen molar-refractivity contribution < 1.29 is 9.90 Å². The van der Waals surface area contributed by atoms with Crippen molar-refractivity contribution in [2.24, 2.45) is 0 Å². The first-order chi connectivity index (χ1) is 16.6. The number of hydrogen-bond acceptors (Lipinski definition) is 7. The summed E-state index contributed by atoms with van der Waals surface area (Å²) in [6, 6.07) is 15.4. The van der Waals surface area contributed by atoms with Crippen LogP contribution in [-0.2, 0) is 4.79 Å². The number of anilines is 4. The molecular weight excluding hydrogens is 452 g/mol. The summed E-state index contributed by atoms with van der Waals surface area (Å²) in [5, 5.41) is 15.6. The van der Waals surface area contributed by atoms with E-state index in [2.05, 4.69) is 49.1 Å². The Kier molecular flexibility index (Phi) is 7.74. The van der Waals surface area contributed by atoms with Gasteiger partial charge in [0, 0.05) is 55.3 Å². The summed E-state index contributed by atoms with van der Waals surface area (Å²) in [4.78, 5) is 25.2. The molecule has 34 heavy (non-hydrogen) atoms. The summed E-state index contributed by atoms with van der Waals surface area (Å²) in [7, 11) is 0. The van der Waals surface area contributed by atoms with E-state index < -0.39 is 0 Å². The van der Waals surface area contributed by atoms with E-state index in [1.54, 1.807) is 18.3 Å². The van der Waals surface area contributed by atoms with Crippen LogP contribution in [0.5, 0.6) is 0 Å². The Labute approximate surface area is 203 Å². The third-order valence-corrected chi connectivity index (χ3v) is 5.87. The molecule has 0 spiro atoms. The fraction of sp³-hybridized carbons (Fsp3) is 0.240. The molecule has 2 heterocycles. The highest BCUT2D eigenvalue weighted by molar-refractivity contribution is 6.33. The van der Waals surface area contributed by atoms with Crippen LogP contribution >= 0.6 is 11.6 Å². The molecule has 0 bridgehead atoms. The first-order valence-corrected chi connectivity index (χ1v) is 11.4. The quantitative estimate of drug-likeness (QED) is 0.424. The van der Waals surface area contributed by atoms with Crippen molar-refractivity contribution in [1.29, 1.82) is 0 Å². The molecule has 4 rings (SSSR count). The Morgan fingerprint density at radius 1 is 1.12 bits per heavy atom. The zero-order valence-electron chi connectivity index (χ0n) is 18.7. The zero-order valence-corrected chi connectivity index (χ0v) is 19.5. The van der Waals surface area contributed by atoms with Crippen molar-refractivity contribution in [3.8, 4) is 11.3 Å². The number of carbonyl (C=O) groups is 1. The number of nitrogens with one attached hydrogen (secondary N) is 2. The summed E-state index contributed by atoms with van der Waals surface area (Å²) in [6.45, 7) is 8.04. The molecule has 1 aromatic heterocycles. The predicted octanol–water partition coefficient (Wildman–Crippen LogP) is 3.78. The van der Waals surface area contributed by atoms with Crippen LogP contribution < -0.4 is 15.5 Å². The molecule has 1 amide bonds. The van der Waals surface area contributed by atoms with Crippen molar-refractivity contribution in [3.63, 3.8) is 0 Å². The second-order valence-electron chi connectivity index (χ2n) is 7.89. The largest absolute Gasteiger partial charge is 0.395 e. The van der Waals surface area contributed by atoms with Gasteiger partial charge in [0.2, 0.25) is 11.9 Å². The lowest BCUT2D eigenvalue weighted by Gasteiger charge is -2.35. The number of carbonyl (C=O) groups excluding carboxylic acids is 1. The number of aliphatic hydroxyl groups is 1. The molecule has 0 unspecified atom stereocenters. The van der Waals surface area contributed by atoms with Gasteiger partial charge in [-0.1, -0.05) is 36.4 Å². The first kappa shape index (κ1) is 23.7. The average molecular weight is 479 g/mol. The number of benzene rings is 2. The van der Waals surface area contributed by atoms with Crippen molar-refractivity contribution in [2.45, 2.75) is 0 Å². The van der Waals surface area contributed by atoms with Gasteiger partial charge in [-0.2, -0.15) is 0 Å². The van der Waals surface area contributed by atoms with Gasteiger partial charge in [0.1, 0.15) is 0 Å². The predicted molar refractivity (Wildman–Crippen MR) is 137 cm³/mol. The minimum Gasteiger partial charge on any atom is -0.395 e. The van der Waals surface area contributed by atoms with Crippen LogP contribution in [0.25, 0.3) is 11.3 Å². The minimum atomic E-state index is -0.289. The Morgan fingerprint density at radius 2 is 1.88 bits per heavy atom. The summed E-state index contributed by atoms with van der Waals surface area (Å²) >= 11 is 6.40. The van der Waals surface area contributed by atoms with Crippen molar-refractivity contribution in [3.05, 3.63) is 72.4 Å². The van der Waals surface area contributed by atoms with E-state index in [1.807, 2.05) is 24.3 Å². The third kappa shape index (κ3) is 5.91. The monoisotopic (exact) mass is 478 g/mol. The van der Waals surface area contributed by atoms with Gasteiger partial charge in [0.05, 0.1) is 23.5 Å². The van der Waals surface area contributed by atoms with E-state index in [4.69, 9.17) is 16.7 Å². The topological polar surface area (TPSA) is 93.6 Å². The molecule has 0 radical (unpaired) electrons. The number of piperazine rings is 1. The number of nitrogens with zero attached hydrogens (tertiary/aromatic N) is 4. The smallest absolute Gasteiger partial charge is 0.247 e. The number of hydrogen-bond donors (Lipinski definition) is 3. The maximum absolute atomic E-state index is 11.6. The van der Waals surface area contributed by atoms with Gasteiger partial charge in [0.15, 0.2) is 0 Å². The van der Waals surface area contributed by atoms with Gasteiger partial charge in [-0.15, -0.1) is 0 Å². The number of aliphatic hydroxyl groups excluding tert-OH is 1. The summed E-state index contributed by atoms with van der Waals surface area (Å²) < 4.78 is 0. The maximum Gasteiger partial charge on any atom is 0.247 e. The summed E-state index contributed by atoms with van der Waals surface area (Å²) in [5.74, 6) is 0.132. The van der Waals surface area contributed by atoms with E-state index in [1.165, 1.54) is 6.08 Å². The van der Waals surface area contributed by atoms with Crippen LogP contribution in [0.15, 0.2) is 67.4 Å². The van der Waals surface area contributed by atoms with Crippen molar-refractivity contribution in [2.75, 3.05) is 54.9 Å². The maximum atomic E-state index is 11.6. The highest BCUT2D eigenvalue weighted by atomic mass is 35.5.